The van der Waals surface area contributed by atoms with Crippen molar-refractivity contribution in [3.63, 3.8) is 0 Å². The maximum Gasteiger partial charge on any atom is 0.254 e. The second kappa shape index (κ2) is 4.51. The maximum absolute atomic E-state index is 11.5. The first kappa shape index (κ1) is 10.8. The van der Waals surface area contributed by atoms with Crippen LogP contribution in [0.3, 0.4) is 0 Å². The van der Waals surface area contributed by atoms with Gasteiger partial charge in [-0.1, -0.05) is 12.8 Å². The van der Waals surface area contributed by atoms with Gasteiger partial charge in [-0.3, -0.25) is 4.79 Å². The minimum absolute atomic E-state index is 0.0941. The fourth-order valence-corrected chi connectivity index (χ4v) is 2.46. The van der Waals surface area contributed by atoms with Crippen molar-refractivity contribution in [2.45, 2.75) is 44.4 Å². The van der Waals surface area contributed by atoms with Crippen LogP contribution in [0.1, 0.15) is 50.3 Å². The number of aromatic amines is 1. The van der Waals surface area contributed by atoms with Crippen LogP contribution in [0.15, 0.2) is 10.9 Å². The molecule has 2 saturated carbocycles. The molecule has 0 amide bonds. The van der Waals surface area contributed by atoms with Crippen molar-refractivity contribution in [1.82, 2.24) is 9.97 Å². The smallest absolute Gasteiger partial charge is 0.254 e. The summed E-state index contributed by atoms with van der Waals surface area (Å²) in [6.07, 6.45) is 7.38. The zero-order chi connectivity index (χ0) is 11.7. The van der Waals surface area contributed by atoms with Gasteiger partial charge in [0.25, 0.3) is 5.56 Å². The van der Waals surface area contributed by atoms with Gasteiger partial charge in [0.2, 0.25) is 5.88 Å². The zero-order valence-corrected chi connectivity index (χ0v) is 9.95. The van der Waals surface area contributed by atoms with Gasteiger partial charge in [0.05, 0.1) is 12.7 Å². The topological polar surface area (TPSA) is 55.0 Å². The lowest BCUT2D eigenvalue weighted by Crippen LogP contribution is -2.14. The largest absolute Gasteiger partial charge is 0.477 e. The Kier molecular flexibility index (Phi) is 2.87. The average Bonchev–Trinajstić information content (AvgIpc) is 3.04. The molecule has 0 spiro atoms. The summed E-state index contributed by atoms with van der Waals surface area (Å²) in [4.78, 5) is 18.6. The molecule has 3 rings (SSSR count). The van der Waals surface area contributed by atoms with Crippen LogP contribution < -0.4 is 10.3 Å². The molecule has 0 unspecified atom stereocenters. The molecule has 0 aliphatic heterocycles. The molecule has 0 atom stereocenters. The number of hydrogen-bond acceptors (Lipinski definition) is 3. The first-order chi connectivity index (χ1) is 8.31. The van der Waals surface area contributed by atoms with E-state index in [0.29, 0.717) is 24.3 Å². The molecule has 4 heteroatoms. The van der Waals surface area contributed by atoms with Crippen LogP contribution in [0.2, 0.25) is 0 Å². The van der Waals surface area contributed by atoms with Crippen molar-refractivity contribution >= 4 is 0 Å². The van der Waals surface area contributed by atoms with E-state index in [1.165, 1.54) is 31.7 Å². The van der Waals surface area contributed by atoms with Crippen LogP contribution in [0.5, 0.6) is 5.88 Å². The third-order valence-corrected chi connectivity index (χ3v) is 3.64. The predicted molar refractivity (Wildman–Crippen MR) is 64.3 cm³/mol. The van der Waals surface area contributed by atoms with Crippen molar-refractivity contribution in [2.75, 3.05) is 6.61 Å². The van der Waals surface area contributed by atoms with Gasteiger partial charge >= 0.3 is 0 Å². The highest BCUT2D eigenvalue weighted by atomic mass is 16.5. The van der Waals surface area contributed by atoms with E-state index in [1.807, 2.05) is 0 Å². The minimum Gasteiger partial charge on any atom is -0.477 e. The minimum atomic E-state index is -0.0941. The number of rotatable bonds is 4. The number of aromatic nitrogens is 2. The molecule has 2 aliphatic carbocycles. The number of nitrogens with zero attached hydrogens (tertiary/aromatic N) is 1. The summed E-state index contributed by atoms with van der Waals surface area (Å²) in [7, 11) is 0. The molecule has 2 aliphatic rings. The van der Waals surface area contributed by atoms with Crippen LogP contribution in [0.25, 0.3) is 0 Å². The molecule has 0 radical (unpaired) electrons. The van der Waals surface area contributed by atoms with Gasteiger partial charge in [-0.2, -0.15) is 4.98 Å². The van der Waals surface area contributed by atoms with E-state index in [0.717, 1.165) is 18.7 Å². The third-order valence-electron chi connectivity index (χ3n) is 3.64. The van der Waals surface area contributed by atoms with Crippen molar-refractivity contribution in [3.8, 4) is 5.88 Å². The summed E-state index contributed by atoms with van der Waals surface area (Å²) >= 11 is 0. The van der Waals surface area contributed by atoms with E-state index in [1.54, 1.807) is 0 Å². The Bertz CT molecular complexity index is 445. The molecule has 1 heterocycles. The Labute approximate surface area is 100 Å². The molecule has 4 nitrogen and oxygen atoms in total. The Hall–Kier alpha value is -1.32. The molecular weight excluding hydrogens is 216 g/mol. The molecule has 1 aromatic heterocycles. The summed E-state index contributed by atoms with van der Waals surface area (Å²) in [6, 6.07) is 1.46. The summed E-state index contributed by atoms with van der Waals surface area (Å²) in [6.45, 7) is 0.709. The van der Waals surface area contributed by atoms with E-state index in [-0.39, 0.29) is 5.56 Å². The molecule has 92 valence electrons. The second-order valence-electron chi connectivity index (χ2n) is 5.20. The lowest BCUT2D eigenvalue weighted by Gasteiger charge is -2.10. The van der Waals surface area contributed by atoms with Crippen LogP contribution >= 0.6 is 0 Å². The maximum atomic E-state index is 11.5. The molecule has 0 aromatic carbocycles. The van der Waals surface area contributed by atoms with Crippen molar-refractivity contribution in [3.05, 3.63) is 22.2 Å². The Balaban J connectivity index is 1.66. The molecule has 2 fully saturated rings. The summed E-state index contributed by atoms with van der Waals surface area (Å²) in [5.74, 6) is 2.42. The quantitative estimate of drug-likeness (QED) is 0.869. The number of hydrogen-bond donors (Lipinski definition) is 1. The summed E-state index contributed by atoms with van der Waals surface area (Å²) < 4.78 is 5.66. The number of ether oxygens (including phenoxy) is 1. The van der Waals surface area contributed by atoms with Gasteiger partial charge < -0.3 is 9.72 Å². The highest BCUT2D eigenvalue weighted by Gasteiger charge is 2.26. The first-order valence-electron chi connectivity index (χ1n) is 6.55. The summed E-state index contributed by atoms with van der Waals surface area (Å²) in [5, 5.41) is 0. The van der Waals surface area contributed by atoms with E-state index in [9.17, 15) is 4.79 Å². The summed E-state index contributed by atoms with van der Waals surface area (Å²) in [5.41, 5.74) is -0.0941. The van der Waals surface area contributed by atoms with Gasteiger partial charge in [0.1, 0.15) is 5.82 Å². The molecule has 1 aromatic rings. The third kappa shape index (κ3) is 2.68. The van der Waals surface area contributed by atoms with Crippen LogP contribution in [0, 0.1) is 5.92 Å². The Morgan fingerprint density at radius 1 is 1.29 bits per heavy atom. The predicted octanol–water partition coefficient (Wildman–Crippen LogP) is 2.22. The van der Waals surface area contributed by atoms with Gasteiger partial charge in [0, 0.05) is 5.92 Å². The Morgan fingerprint density at radius 3 is 2.76 bits per heavy atom. The van der Waals surface area contributed by atoms with E-state index in [2.05, 4.69) is 9.97 Å². The molecule has 0 saturated heterocycles. The zero-order valence-electron chi connectivity index (χ0n) is 9.95. The first-order valence-corrected chi connectivity index (χ1v) is 6.55. The van der Waals surface area contributed by atoms with Crippen LogP contribution in [0.4, 0.5) is 0 Å². The highest BCUT2D eigenvalue weighted by molar-refractivity contribution is 5.14. The molecule has 17 heavy (non-hydrogen) atoms. The van der Waals surface area contributed by atoms with Crippen LogP contribution in [-0.4, -0.2) is 16.6 Å². The molecular formula is C13H18N2O2. The van der Waals surface area contributed by atoms with Crippen molar-refractivity contribution < 1.29 is 4.74 Å². The fraction of sp³-hybridized carbons (Fsp3) is 0.692. The SMILES string of the molecule is O=c1cc(OCC2CCCC2)nc(C2CC2)[nH]1. The van der Waals surface area contributed by atoms with Gasteiger partial charge in [-0.05, 0) is 31.6 Å². The van der Waals surface area contributed by atoms with Gasteiger partial charge in [-0.15, -0.1) is 0 Å². The van der Waals surface area contributed by atoms with Gasteiger partial charge in [-0.25, -0.2) is 0 Å². The van der Waals surface area contributed by atoms with Crippen molar-refractivity contribution in [1.29, 1.82) is 0 Å². The molecule has 0 bridgehead atoms. The van der Waals surface area contributed by atoms with Crippen molar-refractivity contribution in [2.24, 2.45) is 5.92 Å². The standard InChI is InChI=1S/C13H18N2O2/c16-11-7-12(15-13(14-11)10-5-6-10)17-8-9-3-1-2-4-9/h7,9-10H,1-6,8H2,(H,14,15,16). The number of H-pyrrole nitrogens is 1. The fourth-order valence-electron chi connectivity index (χ4n) is 2.46. The van der Waals surface area contributed by atoms with E-state index < -0.39 is 0 Å². The normalized spacial score (nSPS) is 20.7. The van der Waals surface area contributed by atoms with Gasteiger partial charge in [0.15, 0.2) is 0 Å². The monoisotopic (exact) mass is 234 g/mol. The number of nitrogens with one attached hydrogen (secondary N) is 1. The lowest BCUT2D eigenvalue weighted by molar-refractivity contribution is 0.242. The second-order valence-corrected chi connectivity index (χ2v) is 5.20. The van der Waals surface area contributed by atoms with Crippen LogP contribution in [-0.2, 0) is 0 Å². The van der Waals surface area contributed by atoms with E-state index in [4.69, 9.17) is 4.74 Å². The highest BCUT2D eigenvalue weighted by Crippen LogP contribution is 2.37. The Morgan fingerprint density at radius 2 is 2.06 bits per heavy atom. The molecule has 1 N–H and O–H groups in total. The lowest BCUT2D eigenvalue weighted by atomic mass is 10.1. The van der Waals surface area contributed by atoms with E-state index >= 15 is 0 Å². The average molecular weight is 234 g/mol.